The number of nitrogens with zero attached hydrogens (tertiary/aromatic N) is 4. The van der Waals surface area contributed by atoms with E-state index in [1.54, 1.807) is 0 Å². The molecule has 1 aliphatic heterocycles. The maximum Gasteiger partial charge on any atom is 0.0969 e. The number of pyridine rings is 1. The van der Waals surface area contributed by atoms with E-state index in [2.05, 4.69) is 56.8 Å². The summed E-state index contributed by atoms with van der Waals surface area (Å²) in [5.41, 5.74) is 4.73. The predicted octanol–water partition coefficient (Wildman–Crippen LogP) is 3.10. The number of para-hydroxylation sites is 1. The predicted molar refractivity (Wildman–Crippen MR) is 105 cm³/mol. The largest absolute Gasteiger partial charge is 0.371 e. The van der Waals surface area contributed by atoms with Crippen molar-refractivity contribution in [1.82, 2.24) is 20.1 Å². The van der Waals surface area contributed by atoms with Crippen LogP contribution in [-0.2, 0) is 13.6 Å². The minimum atomic E-state index is 0.691. The van der Waals surface area contributed by atoms with E-state index in [4.69, 9.17) is 0 Å². The Morgan fingerprint density at radius 1 is 1.12 bits per heavy atom. The van der Waals surface area contributed by atoms with Crippen LogP contribution in [0.3, 0.4) is 0 Å². The van der Waals surface area contributed by atoms with Gasteiger partial charge in [0, 0.05) is 68.6 Å². The number of aryl methyl sites for hydroxylation is 1. The van der Waals surface area contributed by atoms with Gasteiger partial charge in [0.2, 0.25) is 0 Å². The van der Waals surface area contributed by atoms with E-state index in [1.807, 2.05) is 36.3 Å². The van der Waals surface area contributed by atoms with E-state index < -0.39 is 0 Å². The number of benzene rings is 1. The van der Waals surface area contributed by atoms with Crippen molar-refractivity contribution < 1.29 is 0 Å². The molecule has 3 aromatic rings. The molecule has 2 aromatic heterocycles. The normalized spacial score (nSPS) is 17.0. The van der Waals surface area contributed by atoms with E-state index >= 15 is 0 Å². The fraction of sp³-hybridized carbons (Fsp3) is 0.333. The molecule has 0 saturated carbocycles. The van der Waals surface area contributed by atoms with Crippen molar-refractivity contribution in [3.8, 4) is 11.3 Å². The Bertz CT molecular complexity index is 828. The van der Waals surface area contributed by atoms with Gasteiger partial charge < -0.3 is 10.2 Å². The zero-order chi connectivity index (χ0) is 17.8. The van der Waals surface area contributed by atoms with Crippen molar-refractivity contribution in [3.05, 3.63) is 66.6 Å². The Morgan fingerprint density at radius 3 is 2.73 bits per heavy atom. The lowest BCUT2D eigenvalue weighted by molar-refractivity contribution is 0.517. The molecule has 0 spiro atoms. The quantitative estimate of drug-likeness (QED) is 0.744. The number of hydrogen-bond donors (Lipinski definition) is 1. The second-order valence-corrected chi connectivity index (χ2v) is 6.98. The Kier molecular flexibility index (Phi) is 4.97. The molecule has 1 saturated heterocycles. The van der Waals surface area contributed by atoms with E-state index in [-0.39, 0.29) is 0 Å². The minimum absolute atomic E-state index is 0.691. The van der Waals surface area contributed by atoms with Crippen LogP contribution in [0.25, 0.3) is 11.3 Å². The van der Waals surface area contributed by atoms with Gasteiger partial charge in [-0.2, -0.15) is 5.10 Å². The molecule has 26 heavy (non-hydrogen) atoms. The summed E-state index contributed by atoms with van der Waals surface area (Å²) in [6, 6.07) is 14.7. The van der Waals surface area contributed by atoms with Crippen LogP contribution in [0.15, 0.2) is 61.1 Å². The molecule has 1 aliphatic rings. The highest BCUT2D eigenvalue weighted by atomic mass is 15.3. The first-order valence-corrected chi connectivity index (χ1v) is 9.23. The number of hydrogen-bond acceptors (Lipinski definition) is 4. The number of anilines is 1. The average molecular weight is 347 g/mol. The first-order valence-electron chi connectivity index (χ1n) is 9.23. The van der Waals surface area contributed by atoms with Crippen molar-refractivity contribution in [3.63, 3.8) is 0 Å². The van der Waals surface area contributed by atoms with Crippen LogP contribution in [0.5, 0.6) is 0 Å². The van der Waals surface area contributed by atoms with Crippen molar-refractivity contribution in [2.24, 2.45) is 13.0 Å². The third-order valence-electron chi connectivity index (χ3n) is 5.01. The fourth-order valence-corrected chi connectivity index (χ4v) is 3.70. The lowest BCUT2D eigenvalue weighted by atomic mass is 10.1. The van der Waals surface area contributed by atoms with Crippen LogP contribution < -0.4 is 10.2 Å². The molecule has 1 fully saturated rings. The van der Waals surface area contributed by atoms with Crippen LogP contribution in [0.1, 0.15) is 12.0 Å². The van der Waals surface area contributed by atoms with Crippen LogP contribution in [0.2, 0.25) is 0 Å². The molecule has 4 rings (SSSR count). The molecule has 3 heterocycles. The van der Waals surface area contributed by atoms with Gasteiger partial charge in [-0.05, 0) is 36.6 Å². The van der Waals surface area contributed by atoms with Gasteiger partial charge >= 0.3 is 0 Å². The van der Waals surface area contributed by atoms with E-state index in [9.17, 15) is 0 Å². The van der Waals surface area contributed by atoms with Gasteiger partial charge in [-0.3, -0.25) is 9.67 Å². The summed E-state index contributed by atoms with van der Waals surface area (Å²) in [4.78, 5) is 6.58. The highest BCUT2D eigenvalue weighted by molar-refractivity contribution is 5.61. The third-order valence-corrected chi connectivity index (χ3v) is 5.01. The van der Waals surface area contributed by atoms with Crippen LogP contribution in [0.4, 0.5) is 5.69 Å². The van der Waals surface area contributed by atoms with E-state index in [0.29, 0.717) is 5.92 Å². The summed E-state index contributed by atoms with van der Waals surface area (Å²) in [6.45, 7) is 4.15. The lowest BCUT2D eigenvalue weighted by Crippen LogP contribution is -2.26. The molecule has 1 aromatic carbocycles. The van der Waals surface area contributed by atoms with Crippen molar-refractivity contribution in [1.29, 1.82) is 0 Å². The molecule has 0 amide bonds. The molecule has 5 heteroatoms. The summed E-state index contributed by atoms with van der Waals surface area (Å²) in [6.07, 6.45) is 6.98. The number of nitrogens with one attached hydrogen (secondary N) is 1. The van der Waals surface area contributed by atoms with Crippen LogP contribution >= 0.6 is 0 Å². The molecular weight excluding hydrogens is 322 g/mol. The van der Waals surface area contributed by atoms with E-state index in [1.165, 1.54) is 17.7 Å². The van der Waals surface area contributed by atoms with Crippen molar-refractivity contribution >= 4 is 5.69 Å². The molecule has 1 N–H and O–H groups in total. The summed E-state index contributed by atoms with van der Waals surface area (Å²) < 4.78 is 1.89. The van der Waals surface area contributed by atoms with Crippen molar-refractivity contribution in [2.45, 2.75) is 13.0 Å². The monoisotopic (exact) mass is 347 g/mol. The van der Waals surface area contributed by atoms with Gasteiger partial charge in [0.1, 0.15) is 0 Å². The van der Waals surface area contributed by atoms with Gasteiger partial charge in [0.25, 0.3) is 0 Å². The van der Waals surface area contributed by atoms with Gasteiger partial charge in [0.15, 0.2) is 0 Å². The molecular formula is C21H25N5. The maximum absolute atomic E-state index is 4.62. The SMILES string of the molecule is Cn1cc(CNC[C@H]2CCN(c3ccccc3)C2)c(-c2ccncc2)n1. The van der Waals surface area contributed by atoms with Gasteiger partial charge in [-0.15, -0.1) is 0 Å². The highest BCUT2D eigenvalue weighted by Crippen LogP contribution is 2.24. The molecule has 0 unspecified atom stereocenters. The Morgan fingerprint density at radius 2 is 1.92 bits per heavy atom. The molecule has 0 aliphatic carbocycles. The van der Waals surface area contributed by atoms with Crippen molar-refractivity contribution in [2.75, 3.05) is 24.5 Å². The fourth-order valence-electron chi connectivity index (χ4n) is 3.70. The topological polar surface area (TPSA) is 46.0 Å². The first kappa shape index (κ1) is 16.8. The van der Waals surface area contributed by atoms with Crippen LogP contribution in [-0.4, -0.2) is 34.4 Å². The maximum atomic E-state index is 4.62. The van der Waals surface area contributed by atoms with Gasteiger partial charge in [0.05, 0.1) is 5.69 Å². The zero-order valence-electron chi connectivity index (χ0n) is 15.2. The smallest absolute Gasteiger partial charge is 0.0969 e. The van der Waals surface area contributed by atoms with Gasteiger partial charge in [-0.25, -0.2) is 0 Å². The second kappa shape index (κ2) is 7.70. The van der Waals surface area contributed by atoms with E-state index in [0.717, 1.165) is 37.4 Å². The highest BCUT2D eigenvalue weighted by Gasteiger charge is 2.22. The Hall–Kier alpha value is -2.66. The first-order chi connectivity index (χ1) is 12.8. The van der Waals surface area contributed by atoms with Gasteiger partial charge in [-0.1, -0.05) is 18.2 Å². The molecule has 0 bridgehead atoms. The molecule has 5 nitrogen and oxygen atoms in total. The second-order valence-electron chi connectivity index (χ2n) is 6.98. The average Bonchev–Trinajstić information content (AvgIpc) is 3.30. The minimum Gasteiger partial charge on any atom is -0.371 e. The van der Waals surface area contributed by atoms with Crippen LogP contribution in [0, 0.1) is 5.92 Å². The standard InChI is InChI=1S/C21H25N5/c1-25-16-19(21(24-25)18-7-10-22-11-8-18)14-23-13-17-9-12-26(15-17)20-5-3-2-4-6-20/h2-8,10-11,16-17,23H,9,12-15H2,1H3/t17-/m1/s1. The summed E-state index contributed by atoms with van der Waals surface area (Å²) in [5.74, 6) is 0.691. The molecule has 0 radical (unpaired) electrons. The Balaban J connectivity index is 1.33. The summed E-state index contributed by atoms with van der Waals surface area (Å²) >= 11 is 0. The third kappa shape index (κ3) is 3.78. The zero-order valence-corrected chi connectivity index (χ0v) is 15.2. The Labute approximate surface area is 154 Å². The number of rotatable bonds is 6. The molecule has 1 atom stereocenters. The number of aromatic nitrogens is 3. The molecule has 134 valence electrons. The summed E-state index contributed by atoms with van der Waals surface area (Å²) in [5, 5.41) is 8.27. The lowest BCUT2D eigenvalue weighted by Gasteiger charge is -2.18. The summed E-state index contributed by atoms with van der Waals surface area (Å²) in [7, 11) is 1.98.